The molecule has 3 rings (SSSR count). The summed E-state index contributed by atoms with van der Waals surface area (Å²) in [6.45, 7) is 4.61. The summed E-state index contributed by atoms with van der Waals surface area (Å²) in [5.74, 6) is 1.45. The first kappa shape index (κ1) is 17.9. The molecule has 24 heavy (non-hydrogen) atoms. The van der Waals surface area contributed by atoms with Gasteiger partial charge in [0.25, 0.3) is 0 Å². The topological polar surface area (TPSA) is 26.3 Å². The van der Waals surface area contributed by atoms with Gasteiger partial charge in [0.15, 0.2) is 5.78 Å². The number of carbonyl (C=O) groups is 1. The van der Waals surface area contributed by atoms with Crippen molar-refractivity contribution in [3.63, 3.8) is 0 Å². The van der Waals surface area contributed by atoms with Crippen LogP contribution in [-0.2, 0) is 4.74 Å². The Morgan fingerprint density at radius 1 is 1.12 bits per heavy atom. The van der Waals surface area contributed by atoms with E-state index in [9.17, 15) is 9.18 Å². The van der Waals surface area contributed by atoms with Gasteiger partial charge in [-0.15, -0.1) is 0 Å². The van der Waals surface area contributed by atoms with E-state index < -0.39 is 11.9 Å². The van der Waals surface area contributed by atoms with Crippen molar-refractivity contribution in [1.82, 2.24) is 0 Å². The summed E-state index contributed by atoms with van der Waals surface area (Å²) in [6.07, 6.45) is 6.42. The number of Topliss-reactive ketones (excluding diaryl/α,β-unsaturated/α-hetero) is 1. The molecule has 1 aliphatic heterocycles. The summed E-state index contributed by atoms with van der Waals surface area (Å²) in [7, 11) is 0. The highest BCUT2D eigenvalue weighted by atomic mass is 35.5. The van der Waals surface area contributed by atoms with Crippen LogP contribution in [0.25, 0.3) is 0 Å². The highest BCUT2D eigenvalue weighted by Crippen LogP contribution is 2.38. The van der Waals surface area contributed by atoms with Crippen molar-refractivity contribution in [1.29, 1.82) is 0 Å². The predicted molar refractivity (Wildman–Crippen MR) is 94.1 cm³/mol. The maximum atomic E-state index is 13.9. The van der Waals surface area contributed by atoms with E-state index in [0.29, 0.717) is 24.5 Å². The smallest absolute Gasteiger partial charge is 0.193 e. The molecule has 2 fully saturated rings. The lowest BCUT2D eigenvalue weighted by Crippen LogP contribution is -2.36. The normalized spacial score (nSPS) is 31.0. The third-order valence-electron chi connectivity index (χ3n) is 5.87. The van der Waals surface area contributed by atoms with E-state index in [1.54, 1.807) is 19.1 Å². The van der Waals surface area contributed by atoms with Crippen molar-refractivity contribution in [3.8, 4) is 0 Å². The van der Waals surface area contributed by atoms with Crippen LogP contribution in [0.3, 0.4) is 0 Å². The second-order valence-electron chi connectivity index (χ2n) is 7.60. The summed E-state index contributed by atoms with van der Waals surface area (Å²) in [5.41, 5.74) is 0.697. The Kier molecular flexibility index (Phi) is 5.61. The summed E-state index contributed by atoms with van der Waals surface area (Å²) >= 11 is 6.03. The van der Waals surface area contributed by atoms with Gasteiger partial charge in [-0.3, -0.25) is 4.79 Å². The van der Waals surface area contributed by atoms with Gasteiger partial charge in [-0.05, 0) is 62.0 Å². The number of rotatable bonds is 3. The Morgan fingerprint density at radius 3 is 2.42 bits per heavy atom. The molecule has 4 heteroatoms. The van der Waals surface area contributed by atoms with Crippen molar-refractivity contribution in [2.24, 2.45) is 17.8 Å². The van der Waals surface area contributed by atoms with E-state index in [1.165, 1.54) is 25.7 Å². The first-order valence-corrected chi connectivity index (χ1v) is 9.45. The molecule has 2 atom stereocenters. The Balaban J connectivity index is 1.60. The first-order valence-electron chi connectivity index (χ1n) is 9.07. The summed E-state index contributed by atoms with van der Waals surface area (Å²) in [5, 5.41) is -0.0769. The van der Waals surface area contributed by atoms with Crippen LogP contribution >= 0.6 is 11.6 Å². The molecule has 1 aliphatic carbocycles. The number of hydrogen-bond donors (Lipinski definition) is 0. The largest absolute Gasteiger partial charge is 0.370 e. The molecule has 0 spiro atoms. The van der Waals surface area contributed by atoms with Crippen LogP contribution in [0.2, 0.25) is 5.02 Å². The summed E-state index contributed by atoms with van der Waals surface area (Å²) in [6, 6.07) is 3.21. The van der Waals surface area contributed by atoms with Crippen LogP contribution in [0.15, 0.2) is 12.1 Å². The van der Waals surface area contributed by atoms with Gasteiger partial charge in [-0.1, -0.05) is 37.4 Å². The quantitative estimate of drug-likeness (QED) is 0.662. The lowest BCUT2D eigenvalue weighted by Gasteiger charge is -2.37. The maximum absolute atomic E-state index is 13.9. The molecule has 132 valence electrons. The van der Waals surface area contributed by atoms with E-state index in [0.717, 1.165) is 18.3 Å². The molecule has 1 saturated carbocycles. The van der Waals surface area contributed by atoms with Gasteiger partial charge in [0.2, 0.25) is 0 Å². The molecule has 0 N–H and O–H groups in total. The molecule has 1 saturated heterocycles. The minimum Gasteiger partial charge on any atom is -0.370 e. The maximum Gasteiger partial charge on any atom is 0.193 e. The Morgan fingerprint density at radius 2 is 1.79 bits per heavy atom. The number of carbonyl (C=O) groups excluding carboxylic acids is 1. The van der Waals surface area contributed by atoms with E-state index in [-0.39, 0.29) is 16.4 Å². The highest BCUT2D eigenvalue weighted by molar-refractivity contribution is 6.34. The third-order valence-corrected chi connectivity index (χ3v) is 6.24. The summed E-state index contributed by atoms with van der Waals surface area (Å²) < 4.78 is 19.8. The minimum absolute atomic E-state index is 0.0769. The molecule has 0 radical (unpaired) electrons. The zero-order valence-electron chi connectivity index (χ0n) is 14.5. The molecule has 0 bridgehead atoms. The molecule has 2 aliphatic rings. The fraction of sp³-hybridized carbons (Fsp3) is 0.650. The third kappa shape index (κ3) is 3.67. The van der Waals surface area contributed by atoms with Gasteiger partial charge in [-0.2, -0.15) is 0 Å². The van der Waals surface area contributed by atoms with Crippen LogP contribution in [0.5, 0.6) is 0 Å². The fourth-order valence-electron chi connectivity index (χ4n) is 4.12. The van der Waals surface area contributed by atoms with Gasteiger partial charge < -0.3 is 4.74 Å². The van der Waals surface area contributed by atoms with Crippen molar-refractivity contribution >= 4 is 17.4 Å². The monoisotopic (exact) mass is 352 g/mol. The molecular weight excluding hydrogens is 327 g/mol. The van der Waals surface area contributed by atoms with Gasteiger partial charge in [0.05, 0.1) is 11.6 Å². The second kappa shape index (κ2) is 7.53. The Labute approximate surface area is 148 Å². The van der Waals surface area contributed by atoms with Crippen molar-refractivity contribution < 1.29 is 13.9 Å². The van der Waals surface area contributed by atoms with E-state index in [1.807, 2.05) is 0 Å². The molecule has 0 aromatic heterocycles. The Hall–Kier alpha value is -0.930. The van der Waals surface area contributed by atoms with E-state index >= 15 is 0 Å². The molecule has 1 aromatic rings. The van der Waals surface area contributed by atoms with Gasteiger partial charge >= 0.3 is 0 Å². The standard InChI is InChI=1S/C20H26ClFO2/c1-12-3-6-14(7-4-12)15-8-10-17(24-11-15)20(23)16-9-5-13(2)19(22)18(16)21/h5,9,12,14-15,17H,3-4,6-8,10-11H2,1-2H3/t12?,14?,15?,17-/m0/s1. The molecule has 1 unspecified atom stereocenters. The van der Waals surface area contributed by atoms with E-state index in [4.69, 9.17) is 16.3 Å². The predicted octanol–water partition coefficient (Wildman–Crippen LogP) is 5.59. The van der Waals surface area contributed by atoms with Crippen LogP contribution in [0.1, 0.15) is 61.4 Å². The highest BCUT2D eigenvalue weighted by Gasteiger charge is 2.34. The second-order valence-corrected chi connectivity index (χ2v) is 7.98. The zero-order chi connectivity index (χ0) is 17.3. The number of benzene rings is 1. The number of ether oxygens (including phenoxy) is 1. The number of ketones is 1. The SMILES string of the molecule is Cc1ccc(C(=O)[C@@H]2CCC(C3CCC(C)CC3)CO2)c(Cl)c1F. The molecule has 2 nitrogen and oxygen atoms in total. The van der Waals surface area contributed by atoms with Crippen LogP contribution in [-0.4, -0.2) is 18.5 Å². The van der Waals surface area contributed by atoms with Crippen molar-refractivity contribution in [2.45, 2.75) is 58.5 Å². The fourth-order valence-corrected chi connectivity index (χ4v) is 4.42. The molecule has 0 amide bonds. The van der Waals surface area contributed by atoms with Gasteiger partial charge in [-0.25, -0.2) is 4.39 Å². The van der Waals surface area contributed by atoms with Gasteiger partial charge in [0.1, 0.15) is 11.9 Å². The molecule has 1 heterocycles. The van der Waals surface area contributed by atoms with Crippen molar-refractivity contribution in [3.05, 3.63) is 34.1 Å². The van der Waals surface area contributed by atoms with Crippen LogP contribution < -0.4 is 0 Å². The number of hydrogen-bond acceptors (Lipinski definition) is 2. The number of aryl methyl sites for hydroxylation is 1. The van der Waals surface area contributed by atoms with Crippen molar-refractivity contribution in [2.75, 3.05) is 6.61 Å². The Bertz CT molecular complexity index is 600. The van der Waals surface area contributed by atoms with Crippen LogP contribution in [0.4, 0.5) is 4.39 Å². The van der Waals surface area contributed by atoms with E-state index in [2.05, 4.69) is 6.92 Å². The number of halogens is 2. The van der Waals surface area contributed by atoms with Gasteiger partial charge in [0, 0.05) is 5.56 Å². The first-order chi connectivity index (χ1) is 11.5. The lowest BCUT2D eigenvalue weighted by molar-refractivity contribution is -0.0261. The molecule has 1 aromatic carbocycles. The summed E-state index contributed by atoms with van der Waals surface area (Å²) in [4.78, 5) is 12.6. The average Bonchev–Trinajstić information content (AvgIpc) is 2.60. The minimum atomic E-state index is -0.507. The van der Waals surface area contributed by atoms with Crippen LogP contribution in [0, 0.1) is 30.5 Å². The average molecular weight is 353 g/mol. The molecular formula is C20H26ClFO2. The zero-order valence-corrected chi connectivity index (χ0v) is 15.2. The lowest BCUT2D eigenvalue weighted by atomic mass is 9.74.